The molecule has 0 unspecified atom stereocenters. The number of thiazole rings is 1. The lowest BCUT2D eigenvalue weighted by molar-refractivity contribution is -0.148. The van der Waals surface area contributed by atoms with Gasteiger partial charge in [0.15, 0.2) is 0 Å². The second-order valence-corrected chi connectivity index (χ2v) is 7.32. The quantitative estimate of drug-likeness (QED) is 0.883. The maximum absolute atomic E-state index is 12.1. The average Bonchev–Trinajstić information content (AvgIpc) is 3.12. The number of aliphatic carboxylic acids is 1. The molecule has 2 saturated heterocycles. The SMILES string of the molecule is CN(C)C(=O)N1C[C@H]2CN(Cc3cncs3)C[C@@]2(C(=O)O)C1. The maximum atomic E-state index is 12.1. The van der Waals surface area contributed by atoms with E-state index in [2.05, 4.69) is 9.88 Å². The van der Waals surface area contributed by atoms with E-state index in [0.717, 1.165) is 11.4 Å². The monoisotopic (exact) mass is 324 g/mol. The van der Waals surface area contributed by atoms with E-state index in [1.54, 1.807) is 35.8 Å². The Balaban J connectivity index is 1.74. The van der Waals surface area contributed by atoms with Gasteiger partial charge in [-0.25, -0.2) is 4.79 Å². The average molecular weight is 324 g/mol. The van der Waals surface area contributed by atoms with E-state index in [1.807, 2.05) is 6.20 Å². The topological polar surface area (TPSA) is 77.0 Å². The third-order valence-electron chi connectivity index (χ3n) is 4.62. The molecule has 3 rings (SSSR count). The highest BCUT2D eigenvalue weighted by Gasteiger charge is 2.58. The highest BCUT2D eigenvalue weighted by Crippen LogP contribution is 2.43. The van der Waals surface area contributed by atoms with Crippen LogP contribution in [0.3, 0.4) is 0 Å². The molecular formula is C14H20N4O3S. The fourth-order valence-corrected chi connectivity index (χ4v) is 4.20. The number of fused-ring (bicyclic) bond motifs is 1. The van der Waals surface area contributed by atoms with E-state index in [9.17, 15) is 14.7 Å². The Hall–Kier alpha value is -1.67. The lowest BCUT2D eigenvalue weighted by Gasteiger charge is -2.26. The van der Waals surface area contributed by atoms with E-state index < -0.39 is 11.4 Å². The fourth-order valence-electron chi connectivity index (χ4n) is 3.56. The molecule has 22 heavy (non-hydrogen) atoms. The van der Waals surface area contributed by atoms with Crippen LogP contribution in [0.2, 0.25) is 0 Å². The molecule has 2 aliphatic heterocycles. The van der Waals surface area contributed by atoms with Gasteiger partial charge in [0.05, 0.1) is 5.51 Å². The van der Waals surface area contributed by atoms with Crippen LogP contribution in [0.15, 0.2) is 11.7 Å². The van der Waals surface area contributed by atoms with Crippen LogP contribution in [0, 0.1) is 11.3 Å². The van der Waals surface area contributed by atoms with Crippen molar-refractivity contribution >= 4 is 23.3 Å². The second kappa shape index (κ2) is 5.51. The number of rotatable bonds is 3. The molecule has 1 aromatic heterocycles. The molecule has 2 aliphatic rings. The first kappa shape index (κ1) is 15.2. The van der Waals surface area contributed by atoms with Crippen LogP contribution in [-0.2, 0) is 11.3 Å². The summed E-state index contributed by atoms with van der Waals surface area (Å²) in [6.07, 6.45) is 1.83. The summed E-state index contributed by atoms with van der Waals surface area (Å²) in [4.78, 5) is 34.6. The van der Waals surface area contributed by atoms with Gasteiger partial charge in [0.1, 0.15) is 5.41 Å². The number of amides is 2. The summed E-state index contributed by atoms with van der Waals surface area (Å²) < 4.78 is 0. The van der Waals surface area contributed by atoms with Gasteiger partial charge < -0.3 is 14.9 Å². The van der Waals surface area contributed by atoms with Crippen molar-refractivity contribution in [1.82, 2.24) is 19.7 Å². The molecule has 0 radical (unpaired) electrons. The molecule has 7 nitrogen and oxygen atoms in total. The van der Waals surface area contributed by atoms with E-state index in [1.165, 1.54) is 4.90 Å². The van der Waals surface area contributed by atoms with Crippen molar-refractivity contribution < 1.29 is 14.7 Å². The fraction of sp³-hybridized carbons (Fsp3) is 0.643. The predicted molar refractivity (Wildman–Crippen MR) is 81.6 cm³/mol. The Morgan fingerprint density at radius 2 is 2.23 bits per heavy atom. The minimum atomic E-state index is -0.837. The van der Waals surface area contributed by atoms with Crippen LogP contribution < -0.4 is 0 Å². The highest BCUT2D eigenvalue weighted by molar-refractivity contribution is 7.09. The molecule has 0 spiro atoms. The maximum Gasteiger partial charge on any atom is 0.319 e. The lowest BCUT2D eigenvalue weighted by atomic mass is 9.81. The molecule has 0 aromatic carbocycles. The van der Waals surface area contributed by atoms with Gasteiger partial charge >= 0.3 is 12.0 Å². The van der Waals surface area contributed by atoms with Crippen LogP contribution in [-0.4, -0.2) is 77.1 Å². The number of hydrogen-bond donors (Lipinski definition) is 1. The van der Waals surface area contributed by atoms with Gasteiger partial charge in [-0.1, -0.05) is 0 Å². The number of urea groups is 1. The molecule has 0 saturated carbocycles. The summed E-state index contributed by atoms with van der Waals surface area (Å²) >= 11 is 1.58. The first-order chi connectivity index (χ1) is 10.4. The zero-order chi connectivity index (χ0) is 15.9. The van der Waals surface area contributed by atoms with Crippen LogP contribution in [0.4, 0.5) is 4.79 Å². The number of likely N-dealkylation sites (tertiary alicyclic amines) is 2. The molecule has 1 aromatic rings. The van der Waals surface area contributed by atoms with Crippen molar-refractivity contribution in [3.8, 4) is 0 Å². The van der Waals surface area contributed by atoms with Crippen LogP contribution in [0.5, 0.6) is 0 Å². The van der Waals surface area contributed by atoms with Gasteiger partial charge in [-0.2, -0.15) is 0 Å². The number of carboxylic acids is 1. The van der Waals surface area contributed by atoms with Crippen LogP contribution in [0.25, 0.3) is 0 Å². The van der Waals surface area contributed by atoms with Crippen molar-refractivity contribution in [3.63, 3.8) is 0 Å². The van der Waals surface area contributed by atoms with Gasteiger partial charge in [0.25, 0.3) is 0 Å². The first-order valence-corrected chi connectivity index (χ1v) is 8.10. The number of hydrogen-bond acceptors (Lipinski definition) is 5. The van der Waals surface area contributed by atoms with Crippen molar-refractivity contribution in [3.05, 3.63) is 16.6 Å². The van der Waals surface area contributed by atoms with Crippen molar-refractivity contribution in [2.45, 2.75) is 6.54 Å². The number of carbonyl (C=O) groups is 2. The molecule has 0 aliphatic carbocycles. The number of carboxylic acid groups (broad SMARTS) is 1. The Morgan fingerprint density at radius 1 is 1.45 bits per heavy atom. The lowest BCUT2D eigenvalue weighted by Crippen LogP contribution is -2.44. The number of nitrogens with zero attached hydrogens (tertiary/aromatic N) is 4. The van der Waals surface area contributed by atoms with E-state index in [0.29, 0.717) is 26.2 Å². The molecule has 120 valence electrons. The van der Waals surface area contributed by atoms with E-state index in [4.69, 9.17) is 0 Å². The van der Waals surface area contributed by atoms with Gasteiger partial charge in [0, 0.05) is 63.8 Å². The molecule has 0 bridgehead atoms. The number of carbonyl (C=O) groups excluding carboxylic acids is 1. The smallest absolute Gasteiger partial charge is 0.319 e. The molecule has 8 heteroatoms. The van der Waals surface area contributed by atoms with Crippen LogP contribution >= 0.6 is 11.3 Å². The Kier molecular flexibility index (Phi) is 3.82. The third kappa shape index (κ3) is 2.46. The summed E-state index contributed by atoms with van der Waals surface area (Å²) in [6.45, 7) is 2.74. The molecule has 2 amide bonds. The van der Waals surface area contributed by atoms with Crippen molar-refractivity contribution in [2.24, 2.45) is 11.3 Å². The summed E-state index contributed by atoms with van der Waals surface area (Å²) in [5.74, 6) is -0.805. The van der Waals surface area contributed by atoms with Gasteiger partial charge in [-0.05, 0) is 0 Å². The number of aromatic nitrogens is 1. The molecular weight excluding hydrogens is 304 g/mol. The Bertz CT molecular complexity index is 577. The minimum absolute atomic E-state index is 0.0122. The van der Waals surface area contributed by atoms with E-state index in [-0.39, 0.29) is 11.9 Å². The van der Waals surface area contributed by atoms with Crippen molar-refractivity contribution in [1.29, 1.82) is 0 Å². The summed E-state index contributed by atoms with van der Waals surface area (Å²) in [5, 5.41) is 9.77. The minimum Gasteiger partial charge on any atom is -0.481 e. The summed E-state index contributed by atoms with van der Waals surface area (Å²) in [7, 11) is 3.39. The summed E-state index contributed by atoms with van der Waals surface area (Å²) in [6, 6.07) is -0.107. The normalized spacial score (nSPS) is 27.9. The molecule has 2 atom stereocenters. The molecule has 3 heterocycles. The Morgan fingerprint density at radius 3 is 2.77 bits per heavy atom. The molecule has 1 N–H and O–H groups in total. The van der Waals surface area contributed by atoms with Crippen molar-refractivity contribution in [2.75, 3.05) is 40.3 Å². The van der Waals surface area contributed by atoms with Gasteiger partial charge in [0.2, 0.25) is 0 Å². The third-order valence-corrected chi connectivity index (χ3v) is 5.39. The van der Waals surface area contributed by atoms with E-state index >= 15 is 0 Å². The van der Waals surface area contributed by atoms with Crippen LogP contribution in [0.1, 0.15) is 4.88 Å². The predicted octanol–water partition coefficient (Wildman–Crippen LogP) is 0.643. The second-order valence-electron chi connectivity index (χ2n) is 6.35. The largest absolute Gasteiger partial charge is 0.481 e. The Labute approximate surface area is 133 Å². The zero-order valence-electron chi connectivity index (χ0n) is 12.7. The van der Waals surface area contributed by atoms with Gasteiger partial charge in [-0.15, -0.1) is 11.3 Å². The van der Waals surface area contributed by atoms with Gasteiger partial charge in [-0.3, -0.25) is 14.7 Å². The summed E-state index contributed by atoms with van der Waals surface area (Å²) in [5.41, 5.74) is 0.951. The molecule has 2 fully saturated rings. The standard InChI is InChI=1S/C14H20N4O3S/c1-16(2)13(21)18-5-10-4-17(6-11-3-15-9-22-11)7-14(10,8-18)12(19)20/h3,9-10H,4-8H2,1-2H3,(H,19,20)/t10-,14-/m1/s1. The highest BCUT2D eigenvalue weighted by atomic mass is 32.1. The zero-order valence-corrected chi connectivity index (χ0v) is 13.5. The first-order valence-electron chi connectivity index (χ1n) is 7.22.